The van der Waals surface area contributed by atoms with Crippen LogP contribution in [0.5, 0.6) is 11.5 Å². The smallest absolute Gasteiger partial charge is 0.269 e. The first-order valence-corrected chi connectivity index (χ1v) is 17.0. The average molecular weight is 546 g/mol. The van der Waals surface area contributed by atoms with Gasteiger partial charge in [0.05, 0.1) is 33.1 Å². The third-order valence-corrected chi connectivity index (χ3v) is 13.0. The van der Waals surface area contributed by atoms with E-state index in [4.69, 9.17) is 14.2 Å². The maximum absolute atomic E-state index is 12.7. The number of aliphatic hydroxyl groups is 1. The highest BCUT2D eigenvalue weighted by Crippen LogP contribution is 2.46. The Balaban J connectivity index is 1.28. The van der Waals surface area contributed by atoms with Crippen LogP contribution in [-0.2, 0) is 16.0 Å². The Kier molecular flexibility index (Phi) is 8.12. The number of rotatable bonds is 9. The number of hydrogen-bond donors (Lipinski definition) is 1. The molecule has 0 radical (unpaired) electrons. The molecule has 1 N–H and O–H groups in total. The van der Waals surface area contributed by atoms with Crippen LogP contribution in [0.25, 0.3) is 0 Å². The average Bonchev–Trinajstić information content (AvgIpc) is 3.27. The number of carbonyl (C=O) groups excluding carboxylic acids is 1. The second-order valence-electron chi connectivity index (χ2n) is 11.3. The summed E-state index contributed by atoms with van der Waals surface area (Å²) in [5.41, 5.74) is 3.26. The van der Waals surface area contributed by atoms with Crippen LogP contribution < -0.4 is 19.6 Å². The molecule has 2 heterocycles. The minimum absolute atomic E-state index is 0.0437. The minimum Gasteiger partial charge on any atom is -0.497 e. The molecule has 2 aliphatic heterocycles. The van der Waals surface area contributed by atoms with Crippen LogP contribution in [0.15, 0.2) is 72.8 Å². The van der Waals surface area contributed by atoms with Gasteiger partial charge in [-0.1, -0.05) is 61.6 Å². The van der Waals surface area contributed by atoms with Gasteiger partial charge in [-0.3, -0.25) is 9.69 Å². The predicted octanol–water partition coefficient (Wildman–Crippen LogP) is 5.46. The Labute approximate surface area is 232 Å². The van der Waals surface area contributed by atoms with Gasteiger partial charge < -0.3 is 19.3 Å². The van der Waals surface area contributed by atoms with Crippen molar-refractivity contribution in [1.82, 2.24) is 0 Å². The van der Waals surface area contributed by atoms with E-state index in [0.29, 0.717) is 17.9 Å². The van der Waals surface area contributed by atoms with E-state index in [9.17, 15) is 9.90 Å². The molecular weight excluding hydrogens is 506 g/mol. The fourth-order valence-electron chi connectivity index (χ4n) is 6.55. The second-order valence-corrected chi connectivity index (χ2v) is 15.9. The number of aliphatic hydroxyl groups excluding tert-OH is 1. The lowest BCUT2D eigenvalue weighted by Crippen LogP contribution is -2.50. The summed E-state index contributed by atoms with van der Waals surface area (Å²) in [5, 5.41) is 11.2. The molecule has 0 unspecified atom stereocenters. The van der Waals surface area contributed by atoms with Crippen molar-refractivity contribution in [2.75, 3.05) is 25.2 Å². The molecule has 1 amide bonds. The summed E-state index contributed by atoms with van der Waals surface area (Å²) in [6, 6.07) is 24.4. The second kappa shape index (κ2) is 11.5. The molecule has 1 saturated heterocycles. The fourth-order valence-corrected chi connectivity index (χ4v) is 10.7. The van der Waals surface area contributed by atoms with Crippen LogP contribution in [-0.4, -0.2) is 51.6 Å². The van der Waals surface area contributed by atoms with Gasteiger partial charge in [-0.2, -0.15) is 0 Å². The number of ether oxygens (including phenoxy) is 3. The monoisotopic (exact) mass is 545 g/mol. The molecule has 7 heteroatoms. The molecule has 0 spiro atoms. The van der Waals surface area contributed by atoms with Gasteiger partial charge in [0.25, 0.3) is 5.91 Å². The summed E-state index contributed by atoms with van der Waals surface area (Å²) < 4.78 is 17.6. The molecule has 5 rings (SSSR count). The van der Waals surface area contributed by atoms with Crippen molar-refractivity contribution in [3.8, 4) is 11.5 Å². The van der Waals surface area contributed by atoms with E-state index < -0.39 is 8.07 Å². The zero-order valence-corrected chi connectivity index (χ0v) is 24.3. The van der Waals surface area contributed by atoms with E-state index in [1.54, 1.807) is 12.0 Å². The summed E-state index contributed by atoms with van der Waals surface area (Å²) in [6.07, 6.45) is 2.69. The van der Waals surface area contributed by atoms with Gasteiger partial charge in [0.2, 0.25) is 0 Å². The van der Waals surface area contributed by atoms with Gasteiger partial charge in [-0.05, 0) is 72.7 Å². The van der Waals surface area contributed by atoms with Crippen LogP contribution in [0.4, 0.5) is 11.4 Å². The van der Waals surface area contributed by atoms with Crippen LogP contribution in [0.2, 0.25) is 18.6 Å². The van der Waals surface area contributed by atoms with Crippen molar-refractivity contribution in [2.24, 2.45) is 5.92 Å². The highest BCUT2D eigenvalue weighted by molar-refractivity contribution is 6.91. The van der Waals surface area contributed by atoms with Gasteiger partial charge in [-0.25, -0.2) is 0 Å². The van der Waals surface area contributed by atoms with Gasteiger partial charge in [0.1, 0.15) is 11.5 Å². The first kappa shape index (κ1) is 27.4. The molecule has 6 nitrogen and oxygen atoms in total. The quantitative estimate of drug-likeness (QED) is 0.362. The Bertz CT molecular complexity index is 1280. The normalized spacial score (nSPS) is 22.9. The number of para-hydroxylation sites is 2. The number of hydrogen-bond acceptors (Lipinski definition) is 5. The molecule has 39 heavy (non-hydrogen) atoms. The molecule has 4 atom stereocenters. The number of aryl methyl sites for hydroxylation is 1. The predicted molar refractivity (Wildman–Crippen MR) is 157 cm³/mol. The van der Waals surface area contributed by atoms with Crippen molar-refractivity contribution in [2.45, 2.75) is 57.0 Å². The van der Waals surface area contributed by atoms with E-state index in [2.05, 4.69) is 56.4 Å². The van der Waals surface area contributed by atoms with E-state index in [1.165, 1.54) is 10.8 Å². The standard InChI is InChI=1S/C32H39NO5Si/c1-22-28(38-30(19-20-34)32(22)39(3,4)26-16-14-25(36-2)15-17-26)18-11-23-9-12-24(13-10-23)33-27-7-5-6-8-29(27)37-21-31(33)35/h5-10,12-17,22,28,30,32,34H,11,18-21H2,1-4H3/t22-,28+,30-,32+/m1/s1. The minimum atomic E-state index is -1.90. The van der Waals surface area contributed by atoms with E-state index in [-0.39, 0.29) is 31.3 Å². The Hall–Kier alpha value is -3.13. The van der Waals surface area contributed by atoms with Gasteiger partial charge in [-0.15, -0.1) is 0 Å². The molecule has 2 aliphatic rings. The number of nitrogens with zero attached hydrogens (tertiary/aromatic N) is 1. The molecule has 0 bridgehead atoms. The van der Waals surface area contributed by atoms with Gasteiger partial charge >= 0.3 is 0 Å². The topological polar surface area (TPSA) is 68.2 Å². The molecule has 3 aromatic carbocycles. The molecule has 206 valence electrons. The first-order valence-electron chi connectivity index (χ1n) is 13.9. The fraction of sp³-hybridized carbons (Fsp3) is 0.406. The number of carbonyl (C=O) groups is 1. The zero-order chi connectivity index (χ0) is 27.6. The van der Waals surface area contributed by atoms with Crippen LogP contribution in [0.1, 0.15) is 25.3 Å². The molecule has 0 saturated carbocycles. The maximum Gasteiger partial charge on any atom is 0.269 e. The number of benzene rings is 3. The molecular formula is C32H39NO5Si. The van der Waals surface area contributed by atoms with Gasteiger partial charge in [0, 0.05) is 12.3 Å². The van der Waals surface area contributed by atoms with Crippen molar-refractivity contribution < 1.29 is 24.1 Å². The maximum atomic E-state index is 12.7. The lowest BCUT2D eigenvalue weighted by Gasteiger charge is -2.36. The third kappa shape index (κ3) is 5.48. The lowest BCUT2D eigenvalue weighted by molar-refractivity contribution is -0.120. The molecule has 0 aliphatic carbocycles. The Morgan fingerprint density at radius 2 is 1.69 bits per heavy atom. The van der Waals surface area contributed by atoms with Crippen molar-refractivity contribution in [3.05, 3.63) is 78.4 Å². The Morgan fingerprint density at radius 3 is 2.38 bits per heavy atom. The molecule has 1 fully saturated rings. The summed E-state index contributed by atoms with van der Waals surface area (Å²) in [5.74, 6) is 1.92. The molecule has 3 aromatic rings. The SMILES string of the molecule is COc1ccc([Si](C)(C)[C@H]2[C@H](C)[C@H](CCc3ccc(N4C(=O)COc5ccccc54)cc3)O[C@@H]2CCO)cc1. The largest absolute Gasteiger partial charge is 0.497 e. The van der Waals surface area contributed by atoms with Crippen LogP contribution in [0.3, 0.4) is 0 Å². The highest BCUT2D eigenvalue weighted by Gasteiger charge is 2.50. The van der Waals surface area contributed by atoms with Gasteiger partial charge in [0.15, 0.2) is 6.61 Å². The number of amides is 1. The van der Waals surface area contributed by atoms with Crippen molar-refractivity contribution >= 4 is 30.5 Å². The summed E-state index contributed by atoms with van der Waals surface area (Å²) in [4.78, 5) is 14.4. The van der Waals surface area contributed by atoms with Crippen molar-refractivity contribution in [3.63, 3.8) is 0 Å². The third-order valence-electron chi connectivity index (χ3n) is 8.60. The number of anilines is 2. The Morgan fingerprint density at radius 1 is 0.974 bits per heavy atom. The summed E-state index contributed by atoms with van der Waals surface area (Å²) >= 11 is 0. The summed E-state index contributed by atoms with van der Waals surface area (Å²) in [7, 11) is -0.202. The van der Waals surface area contributed by atoms with Crippen LogP contribution in [0, 0.1) is 5.92 Å². The first-order chi connectivity index (χ1) is 18.8. The lowest BCUT2D eigenvalue weighted by atomic mass is 9.95. The van der Waals surface area contributed by atoms with E-state index in [0.717, 1.165) is 35.7 Å². The summed E-state index contributed by atoms with van der Waals surface area (Å²) in [6.45, 7) is 7.36. The zero-order valence-electron chi connectivity index (χ0n) is 23.3. The van der Waals surface area contributed by atoms with Crippen LogP contribution >= 0.6 is 0 Å². The van der Waals surface area contributed by atoms with E-state index in [1.807, 2.05) is 36.4 Å². The van der Waals surface area contributed by atoms with E-state index >= 15 is 0 Å². The number of methoxy groups -OCH3 is 1. The van der Waals surface area contributed by atoms with Crippen molar-refractivity contribution in [1.29, 1.82) is 0 Å². The number of fused-ring (bicyclic) bond motifs is 1. The molecule has 0 aromatic heterocycles. The highest BCUT2D eigenvalue weighted by atomic mass is 28.3.